The molecule has 1 saturated heterocycles. The molecular weight excluding hydrogens is 263 g/mol. The molecule has 0 radical (unpaired) electrons. The number of halogens is 2. The Morgan fingerprint density at radius 2 is 2.29 bits per heavy atom. The van der Waals surface area contributed by atoms with Gasteiger partial charge in [0, 0.05) is 25.6 Å². The lowest BCUT2D eigenvalue weighted by Gasteiger charge is -2.16. The summed E-state index contributed by atoms with van der Waals surface area (Å²) in [7, 11) is 0. The second kappa shape index (κ2) is 5.21. The van der Waals surface area contributed by atoms with Gasteiger partial charge >= 0.3 is 0 Å². The first-order chi connectivity index (χ1) is 8.11. The number of likely N-dealkylation sites (tertiary alicyclic amines) is 1. The molecule has 6 heteroatoms. The van der Waals surface area contributed by atoms with Gasteiger partial charge < -0.3 is 10.0 Å². The zero-order valence-corrected chi connectivity index (χ0v) is 10.6. The zero-order chi connectivity index (χ0) is 12.4. The van der Waals surface area contributed by atoms with Crippen LogP contribution in [-0.4, -0.2) is 40.6 Å². The van der Waals surface area contributed by atoms with E-state index in [4.69, 9.17) is 28.3 Å². The highest BCUT2D eigenvalue weighted by Gasteiger charge is 2.27. The van der Waals surface area contributed by atoms with Gasteiger partial charge in [-0.1, -0.05) is 23.2 Å². The number of amides is 1. The van der Waals surface area contributed by atoms with Crippen molar-refractivity contribution in [3.05, 3.63) is 28.0 Å². The highest BCUT2D eigenvalue weighted by atomic mass is 35.5. The highest BCUT2D eigenvalue weighted by Crippen LogP contribution is 2.22. The summed E-state index contributed by atoms with van der Waals surface area (Å²) in [4.78, 5) is 17.6. The molecule has 1 aliphatic heterocycles. The van der Waals surface area contributed by atoms with E-state index in [0.717, 1.165) is 6.42 Å². The van der Waals surface area contributed by atoms with Crippen molar-refractivity contribution in [3.8, 4) is 0 Å². The van der Waals surface area contributed by atoms with E-state index in [9.17, 15) is 4.79 Å². The van der Waals surface area contributed by atoms with Crippen molar-refractivity contribution < 1.29 is 9.90 Å². The fourth-order valence-electron chi connectivity index (χ4n) is 1.91. The van der Waals surface area contributed by atoms with Gasteiger partial charge in [-0.2, -0.15) is 0 Å². The maximum atomic E-state index is 12.1. The summed E-state index contributed by atoms with van der Waals surface area (Å²) in [6.45, 7) is 1.31. The molecule has 2 rings (SSSR count). The topological polar surface area (TPSA) is 53.4 Å². The van der Waals surface area contributed by atoms with E-state index in [1.165, 1.54) is 0 Å². The van der Waals surface area contributed by atoms with Gasteiger partial charge in [0.25, 0.3) is 5.91 Å². The lowest BCUT2D eigenvalue weighted by molar-refractivity contribution is 0.0781. The highest BCUT2D eigenvalue weighted by molar-refractivity contribution is 6.34. The molecule has 0 aliphatic carbocycles. The van der Waals surface area contributed by atoms with Crippen molar-refractivity contribution in [2.75, 3.05) is 19.7 Å². The van der Waals surface area contributed by atoms with Gasteiger partial charge in [0.2, 0.25) is 0 Å². The van der Waals surface area contributed by atoms with Crippen LogP contribution in [-0.2, 0) is 0 Å². The normalized spacial score (nSPS) is 19.7. The summed E-state index contributed by atoms with van der Waals surface area (Å²) >= 11 is 11.6. The van der Waals surface area contributed by atoms with Crippen molar-refractivity contribution >= 4 is 29.1 Å². The summed E-state index contributed by atoms with van der Waals surface area (Å²) in [5.74, 6) is 0.00750. The number of rotatable bonds is 2. The first kappa shape index (κ1) is 12.6. The van der Waals surface area contributed by atoms with Gasteiger partial charge in [0.05, 0.1) is 5.56 Å². The monoisotopic (exact) mass is 274 g/mol. The van der Waals surface area contributed by atoms with Gasteiger partial charge in [0.1, 0.15) is 10.3 Å². The van der Waals surface area contributed by atoms with Crippen LogP contribution in [0.25, 0.3) is 0 Å². The summed E-state index contributed by atoms with van der Waals surface area (Å²) in [6, 6.07) is 3.12. The zero-order valence-electron chi connectivity index (χ0n) is 9.07. The SMILES string of the molecule is O=C(c1ccc(Cl)nc1Cl)N1CCC(CO)C1. The van der Waals surface area contributed by atoms with Crippen LogP contribution in [0.4, 0.5) is 0 Å². The van der Waals surface area contributed by atoms with Gasteiger partial charge in [-0.3, -0.25) is 4.79 Å². The number of pyridine rings is 1. The minimum Gasteiger partial charge on any atom is -0.396 e. The molecule has 1 aromatic rings. The third-order valence-corrected chi connectivity index (χ3v) is 3.38. The van der Waals surface area contributed by atoms with E-state index >= 15 is 0 Å². The lowest BCUT2D eigenvalue weighted by atomic mass is 10.1. The lowest BCUT2D eigenvalue weighted by Crippen LogP contribution is -2.29. The van der Waals surface area contributed by atoms with Gasteiger partial charge in [-0.15, -0.1) is 0 Å². The van der Waals surface area contributed by atoms with Crippen molar-refractivity contribution in [1.82, 2.24) is 9.88 Å². The van der Waals surface area contributed by atoms with Gasteiger partial charge in [-0.25, -0.2) is 4.98 Å². The average molecular weight is 275 g/mol. The Balaban J connectivity index is 2.15. The number of carbonyl (C=O) groups is 1. The van der Waals surface area contributed by atoms with E-state index in [1.807, 2.05) is 0 Å². The van der Waals surface area contributed by atoms with Crippen LogP contribution < -0.4 is 0 Å². The number of aliphatic hydroxyl groups excluding tert-OH is 1. The Hall–Kier alpha value is -0.840. The van der Waals surface area contributed by atoms with Crippen molar-refractivity contribution in [2.24, 2.45) is 5.92 Å². The number of hydrogen-bond donors (Lipinski definition) is 1. The smallest absolute Gasteiger partial charge is 0.256 e. The first-order valence-corrected chi connectivity index (χ1v) is 6.09. The Bertz CT molecular complexity index is 439. The molecule has 0 aromatic carbocycles. The number of aliphatic hydroxyl groups is 1. The third-order valence-electron chi connectivity index (χ3n) is 2.88. The predicted molar refractivity (Wildman–Crippen MR) is 65.4 cm³/mol. The predicted octanol–water partition coefficient (Wildman–Crippen LogP) is 1.84. The second-order valence-electron chi connectivity index (χ2n) is 4.06. The Morgan fingerprint density at radius 1 is 1.53 bits per heavy atom. The van der Waals surface area contributed by atoms with Crippen LogP contribution in [0, 0.1) is 5.92 Å². The van der Waals surface area contributed by atoms with Crippen LogP contribution in [0.3, 0.4) is 0 Å². The Morgan fingerprint density at radius 3 is 2.88 bits per heavy atom. The minimum absolute atomic E-state index is 0.108. The summed E-state index contributed by atoms with van der Waals surface area (Å²) in [5.41, 5.74) is 0.356. The van der Waals surface area contributed by atoms with E-state index in [-0.39, 0.29) is 28.7 Å². The molecule has 0 bridgehead atoms. The molecule has 4 nitrogen and oxygen atoms in total. The van der Waals surface area contributed by atoms with E-state index < -0.39 is 0 Å². The summed E-state index contributed by atoms with van der Waals surface area (Å²) in [5, 5.41) is 9.42. The first-order valence-electron chi connectivity index (χ1n) is 5.34. The van der Waals surface area contributed by atoms with Gasteiger partial charge in [-0.05, 0) is 18.6 Å². The number of nitrogens with zero attached hydrogens (tertiary/aromatic N) is 2. The average Bonchev–Trinajstić information content (AvgIpc) is 2.76. The fraction of sp³-hybridized carbons (Fsp3) is 0.455. The molecule has 1 unspecified atom stereocenters. The molecule has 0 spiro atoms. The number of hydrogen-bond acceptors (Lipinski definition) is 3. The van der Waals surface area contributed by atoms with Crippen LogP contribution in [0.1, 0.15) is 16.8 Å². The molecule has 92 valence electrons. The van der Waals surface area contributed by atoms with Crippen molar-refractivity contribution in [2.45, 2.75) is 6.42 Å². The van der Waals surface area contributed by atoms with Crippen molar-refractivity contribution in [3.63, 3.8) is 0 Å². The molecular formula is C11H12Cl2N2O2. The minimum atomic E-state index is -0.157. The molecule has 1 fully saturated rings. The summed E-state index contributed by atoms with van der Waals surface area (Å²) in [6.07, 6.45) is 0.820. The van der Waals surface area contributed by atoms with E-state index in [0.29, 0.717) is 18.7 Å². The maximum Gasteiger partial charge on any atom is 0.256 e. The third kappa shape index (κ3) is 2.70. The molecule has 1 atom stereocenters. The standard InChI is InChI=1S/C11H12Cl2N2O2/c12-9-2-1-8(10(13)14-9)11(17)15-4-3-7(5-15)6-16/h1-2,7,16H,3-6H2. The molecule has 1 aliphatic rings. The summed E-state index contributed by atoms with van der Waals surface area (Å²) < 4.78 is 0. The quantitative estimate of drug-likeness (QED) is 0.838. The molecule has 1 aromatic heterocycles. The largest absolute Gasteiger partial charge is 0.396 e. The second-order valence-corrected chi connectivity index (χ2v) is 4.81. The molecule has 1 amide bonds. The Labute approximate surface area is 109 Å². The Kier molecular flexibility index (Phi) is 3.86. The van der Waals surface area contributed by atoms with E-state index in [2.05, 4.69) is 4.98 Å². The van der Waals surface area contributed by atoms with Crippen LogP contribution >= 0.6 is 23.2 Å². The van der Waals surface area contributed by atoms with E-state index in [1.54, 1.807) is 17.0 Å². The molecule has 1 N–H and O–H groups in total. The van der Waals surface area contributed by atoms with Crippen LogP contribution in [0.5, 0.6) is 0 Å². The van der Waals surface area contributed by atoms with Gasteiger partial charge in [0.15, 0.2) is 0 Å². The number of carbonyl (C=O) groups excluding carboxylic acids is 1. The molecule has 2 heterocycles. The maximum absolute atomic E-state index is 12.1. The van der Waals surface area contributed by atoms with Crippen LogP contribution in [0.2, 0.25) is 10.3 Å². The fourth-order valence-corrected chi connectivity index (χ4v) is 2.33. The van der Waals surface area contributed by atoms with Crippen molar-refractivity contribution in [1.29, 1.82) is 0 Å². The van der Waals surface area contributed by atoms with Crippen LogP contribution in [0.15, 0.2) is 12.1 Å². The molecule has 17 heavy (non-hydrogen) atoms. The number of aromatic nitrogens is 1. The molecule has 0 saturated carbocycles.